The number of aldehydes is 1. The maximum atomic E-state index is 10.0. The SMILES string of the molecule is CCCN(C)C=O.O=Cc1ccccc1. The lowest BCUT2D eigenvalue weighted by atomic mass is 10.2. The first-order valence-electron chi connectivity index (χ1n) is 4.90. The molecule has 0 aliphatic heterocycles. The molecular weight excluding hydrogens is 190 g/mol. The predicted octanol–water partition coefficient (Wildman–Crippen LogP) is 1.98. The van der Waals surface area contributed by atoms with Gasteiger partial charge in [0.25, 0.3) is 0 Å². The van der Waals surface area contributed by atoms with Gasteiger partial charge in [0, 0.05) is 19.2 Å². The molecule has 1 rings (SSSR count). The summed E-state index contributed by atoms with van der Waals surface area (Å²) < 4.78 is 0. The van der Waals surface area contributed by atoms with Crippen molar-refractivity contribution in [3.63, 3.8) is 0 Å². The molecule has 82 valence electrons. The predicted molar refractivity (Wildman–Crippen MR) is 60.8 cm³/mol. The summed E-state index contributed by atoms with van der Waals surface area (Å²) in [6.45, 7) is 2.91. The molecule has 15 heavy (non-hydrogen) atoms. The zero-order chi connectivity index (χ0) is 11.5. The molecule has 0 aromatic heterocycles. The number of carbonyl (C=O) groups is 2. The van der Waals surface area contributed by atoms with E-state index in [0.717, 1.165) is 31.2 Å². The number of nitrogens with zero attached hydrogens (tertiary/aromatic N) is 1. The molecule has 1 aromatic rings. The van der Waals surface area contributed by atoms with Crippen LogP contribution in [-0.4, -0.2) is 31.2 Å². The number of carbonyl (C=O) groups excluding carboxylic acids is 2. The maximum Gasteiger partial charge on any atom is 0.209 e. The average molecular weight is 207 g/mol. The van der Waals surface area contributed by atoms with E-state index >= 15 is 0 Å². The third-order valence-electron chi connectivity index (χ3n) is 1.69. The summed E-state index contributed by atoms with van der Waals surface area (Å²) in [6, 6.07) is 9.10. The van der Waals surface area contributed by atoms with E-state index in [9.17, 15) is 9.59 Å². The molecule has 0 radical (unpaired) electrons. The molecule has 0 unspecified atom stereocenters. The van der Waals surface area contributed by atoms with Crippen molar-refractivity contribution in [3.8, 4) is 0 Å². The van der Waals surface area contributed by atoms with Gasteiger partial charge in [-0.15, -0.1) is 0 Å². The highest BCUT2D eigenvalue weighted by Gasteiger charge is 1.84. The van der Waals surface area contributed by atoms with Crippen molar-refractivity contribution in [2.75, 3.05) is 13.6 Å². The fourth-order valence-corrected chi connectivity index (χ4v) is 0.937. The molecule has 0 aliphatic rings. The van der Waals surface area contributed by atoms with Gasteiger partial charge >= 0.3 is 0 Å². The Bertz CT molecular complexity index is 272. The fourth-order valence-electron chi connectivity index (χ4n) is 0.937. The second-order valence-corrected chi connectivity index (χ2v) is 3.11. The number of hydrogen-bond donors (Lipinski definition) is 0. The van der Waals surface area contributed by atoms with Crippen molar-refractivity contribution in [2.24, 2.45) is 0 Å². The van der Waals surface area contributed by atoms with Crippen molar-refractivity contribution >= 4 is 12.7 Å². The Morgan fingerprint density at radius 3 is 2.07 bits per heavy atom. The second kappa shape index (κ2) is 8.94. The zero-order valence-corrected chi connectivity index (χ0v) is 9.22. The van der Waals surface area contributed by atoms with Crippen molar-refractivity contribution in [1.82, 2.24) is 4.90 Å². The lowest BCUT2D eigenvalue weighted by Crippen LogP contribution is -2.15. The molecule has 0 saturated heterocycles. The summed E-state index contributed by atoms with van der Waals surface area (Å²) in [5.74, 6) is 0. The lowest BCUT2D eigenvalue weighted by Gasteiger charge is -2.05. The first-order chi connectivity index (χ1) is 7.24. The number of hydrogen-bond acceptors (Lipinski definition) is 2. The van der Waals surface area contributed by atoms with Crippen LogP contribution >= 0.6 is 0 Å². The molecule has 0 spiro atoms. The highest BCUT2D eigenvalue weighted by molar-refractivity contribution is 5.74. The van der Waals surface area contributed by atoms with Gasteiger partial charge in [0.1, 0.15) is 6.29 Å². The number of amides is 1. The minimum absolute atomic E-state index is 0.729. The van der Waals surface area contributed by atoms with Crippen LogP contribution in [0.2, 0.25) is 0 Å². The first kappa shape index (κ1) is 13.4. The monoisotopic (exact) mass is 207 g/mol. The Balaban J connectivity index is 0.000000265. The Morgan fingerprint density at radius 2 is 1.80 bits per heavy atom. The fraction of sp³-hybridized carbons (Fsp3) is 0.333. The van der Waals surface area contributed by atoms with Crippen LogP contribution in [0.3, 0.4) is 0 Å². The average Bonchev–Trinajstić information content (AvgIpc) is 2.31. The zero-order valence-electron chi connectivity index (χ0n) is 9.22. The third-order valence-corrected chi connectivity index (χ3v) is 1.69. The van der Waals surface area contributed by atoms with Crippen LogP contribution in [0.5, 0.6) is 0 Å². The van der Waals surface area contributed by atoms with E-state index < -0.39 is 0 Å². The van der Waals surface area contributed by atoms with Crippen LogP contribution in [-0.2, 0) is 4.79 Å². The largest absolute Gasteiger partial charge is 0.348 e. The Labute approximate surface area is 90.7 Å². The third kappa shape index (κ3) is 7.43. The van der Waals surface area contributed by atoms with Gasteiger partial charge in [0.05, 0.1) is 0 Å². The number of rotatable bonds is 4. The van der Waals surface area contributed by atoms with Gasteiger partial charge in [-0.1, -0.05) is 37.3 Å². The summed E-state index contributed by atoms with van der Waals surface area (Å²) in [5, 5.41) is 0. The van der Waals surface area contributed by atoms with Crippen molar-refractivity contribution in [2.45, 2.75) is 13.3 Å². The Kier molecular flexibility index (Phi) is 7.96. The highest BCUT2D eigenvalue weighted by atomic mass is 16.1. The second-order valence-electron chi connectivity index (χ2n) is 3.11. The van der Waals surface area contributed by atoms with Gasteiger partial charge in [-0.25, -0.2) is 0 Å². The molecule has 0 bridgehead atoms. The quantitative estimate of drug-likeness (QED) is 0.708. The molecule has 3 nitrogen and oxygen atoms in total. The maximum absolute atomic E-state index is 10.0. The van der Waals surface area contributed by atoms with Gasteiger partial charge in [-0.2, -0.15) is 0 Å². The highest BCUT2D eigenvalue weighted by Crippen LogP contribution is 1.91. The summed E-state index contributed by atoms with van der Waals surface area (Å²) in [6.07, 6.45) is 2.71. The molecule has 0 fully saturated rings. The van der Waals surface area contributed by atoms with Crippen LogP contribution in [0.25, 0.3) is 0 Å². The van der Waals surface area contributed by atoms with Crippen LogP contribution < -0.4 is 0 Å². The van der Waals surface area contributed by atoms with Gasteiger partial charge in [-0.05, 0) is 6.42 Å². The summed E-state index contributed by atoms with van der Waals surface area (Å²) >= 11 is 0. The van der Waals surface area contributed by atoms with Gasteiger partial charge in [0.2, 0.25) is 6.41 Å². The van der Waals surface area contributed by atoms with Gasteiger partial charge in [0.15, 0.2) is 0 Å². The molecular formula is C12H17NO2. The lowest BCUT2D eigenvalue weighted by molar-refractivity contribution is -0.117. The molecule has 0 heterocycles. The van der Waals surface area contributed by atoms with Crippen LogP contribution in [0.4, 0.5) is 0 Å². The van der Waals surface area contributed by atoms with Crippen LogP contribution in [0.1, 0.15) is 23.7 Å². The first-order valence-corrected chi connectivity index (χ1v) is 4.90. The molecule has 3 heteroatoms. The molecule has 1 amide bonds. The van der Waals surface area contributed by atoms with E-state index in [2.05, 4.69) is 0 Å². The van der Waals surface area contributed by atoms with Crippen molar-refractivity contribution < 1.29 is 9.59 Å². The molecule has 0 aliphatic carbocycles. The summed E-state index contributed by atoms with van der Waals surface area (Å²) in [7, 11) is 1.77. The minimum atomic E-state index is 0.729. The van der Waals surface area contributed by atoms with Crippen LogP contribution in [0, 0.1) is 0 Å². The standard InChI is InChI=1S/C7H6O.C5H11NO/c8-6-7-4-2-1-3-5-7;1-3-4-6(2)5-7/h1-6H;5H,3-4H2,1-2H3. The van der Waals surface area contributed by atoms with E-state index in [1.807, 2.05) is 25.1 Å². The minimum Gasteiger partial charge on any atom is -0.348 e. The van der Waals surface area contributed by atoms with E-state index in [0.29, 0.717) is 0 Å². The van der Waals surface area contributed by atoms with E-state index in [1.165, 1.54) is 0 Å². The summed E-state index contributed by atoms with van der Waals surface area (Å²) in [4.78, 5) is 21.5. The topological polar surface area (TPSA) is 37.4 Å². The van der Waals surface area contributed by atoms with E-state index in [4.69, 9.17) is 0 Å². The molecule has 0 saturated carbocycles. The summed E-state index contributed by atoms with van der Waals surface area (Å²) in [5.41, 5.74) is 0.729. The Hall–Kier alpha value is -1.64. The van der Waals surface area contributed by atoms with E-state index in [1.54, 1.807) is 24.1 Å². The van der Waals surface area contributed by atoms with Crippen molar-refractivity contribution in [1.29, 1.82) is 0 Å². The number of benzene rings is 1. The normalized spacial score (nSPS) is 8.40. The van der Waals surface area contributed by atoms with Crippen LogP contribution in [0.15, 0.2) is 30.3 Å². The smallest absolute Gasteiger partial charge is 0.209 e. The molecule has 1 aromatic carbocycles. The Morgan fingerprint density at radius 1 is 1.20 bits per heavy atom. The van der Waals surface area contributed by atoms with Gasteiger partial charge in [-0.3, -0.25) is 9.59 Å². The molecule has 0 N–H and O–H groups in total. The van der Waals surface area contributed by atoms with E-state index in [-0.39, 0.29) is 0 Å². The van der Waals surface area contributed by atoms with Crippen molar-refractivity contribution in [3.05, 3.63) is 35.9 Å². The van der Waals surface area contributed by atoms with Gasteiger partial charge < -0.3 is 4.90 Å². The molecule has 0 atom stereocenters.